The molecule has 2 atom stereocenters. The maximum atomic E-state index is 14.7. The number of aryl methyl sites for hydroxylation is 2. The lowest BCUT2D eigenvalue weighted by Crippen LogP contribution is -2.39. The van der Waals surface area contributed by atoms with Gasteiger partial charge in [-0.1, -0.05) is 26.8 Å². The summed E-state index contributed by atoms with van der Waals surface area (Å²) in [5, 5.41) is 8.60. The molecule has 0 aliphatic carbocycles. The van der Waals surface area contributed by atoms with E-state index in [9.17, 15) is 18.8 Å². The van der Waals surface area contributed by atoms with Crippen molar-refractivity contribution in [2.45, 2.75) is 53.6 Å². The number of carbonyl (C=O) groups is 1. The maximum Gasteiger partial charge on any atom is 0.254 e. The van der Waals surface area contributed by atoms with Crippen molar-refractivity contribution in [1.82, 2.24) is 5.32 Å². The molecule has 0 saturated carbocycles. The van der Waals surface area contributed by atoms with Crippen molar-refractivity contribution < 1.29 is 13.6 Å². The van der Waals surface area contributed by atoms with Crippen LogP contribution in [0, 0.1) is 25.1 Å². The molecule has 0 radical (unpaired) electrons. The van der Waals surface area contributed by atoms with Crippen LogP contribution in [0.5, 0.6) is 0 Å². The predicted octanol–water partition coefficient (Wildman–Crippen LogP) is 4.38. The van der Waals surface area contributed by atoms with Crippen molar-refractivity contribution in [3.63, 3.8) is 0 Å². The molecule has 1 aromatic heterocycles. The first-order valence-corrected chi connectivity index (χ1v) is 10.5. The molecule has 4 rings (SSSR count). The monoisotopic (exact) mass is 439 g/mol. The lowest BCUT2D eigenvalue weighted by Gasteiger charge is -2.31. The van der Waals surface area contributed by atoms with Crippen LogP contribution in [0.3, 0.4) is 0 Å². The molecule has 0 bridgehead atoms. The van der Waals surface area contributed by atoms with E-state index in [0.717, 1.165) is 11.3 Å². The number of nitrogens with one attached hydrogen (secondary N) is 3. The van der Waals surface area contributed by atoms with Gasteiger partial charge in [0.05, 0.1) is 23.3 Å². The second-order valence-electron chi connectivity index (χ2n) is 9.45. The number of hydrogen-bond acceptors (Lipinski definition) is 6. The minimum absolute atomic E-state index is 0.0464. The summed E-state index contributed by atoms with van der Waals surface area (Å²) in [6.07, 6.45) is 0. The summed E-state index contributed by atoms with van der Waals surface area (Å²) in [7, 11) is 0. The van der Waals surface area contributed by atoms with E-state index in [4.69, 9.17) is 4.42 Å². The first-order valence-electron chi connectivity index (χ1n) is 10.5. The number of rotatable bonds is 5. The summed E-state index contributed by atoms with van der Waals surface area (Å²) < 4.78 is 20.6. The Kier molecular flexibility index (Phi) is 4.99. The van der Waals surface area contributed by atoms with E-state index >= 15 is 0 Å². The Hall–Kier alpha value is -3.42. The Morgan fingerprint density at radius 2 is 1.72 bits per heavy atom. The smallest absolute Gasteiger partial charge is 0.254 e. The highest BCUT2D eigenvalue weighted by atomic mass is 19.1. The molecule has 2 aromatic carbocycles. The predicted molar refractivity (Wildman–Crippen MR) is 121 cm³/mol. The molecule has 0 spiro atoms. The van der Waals surface area contributed by atoms with E-state index in [2.05, 4.69) is 16.0 Å². The second kappa shape index (κ2) is 7.32. The molecule has 1 aliphatic rings. The molecule has 0 saturated heterocycles. The van der Waals surface area contributed by atoms with Gasteiger partial charge in [-0.05, 0) is 49.4 Å². The SMILES string of the molecule is Cc1cc(C(Nc2c(Nc3c(F)ccc4c3C(=O)N[C@@H]4C)c(=O)c2=O)C(C)(C)C)oc1C. The third-order valence-corrected chi connectivity index (χ3v) is 6.01. The number of hydrogen-bond donors (Lipinski definition) is 3. The zero-order valence-corrected chi connectivity index (χ0v) is 18.9. The van der Waals surface area contributed by atoms with Crippen LogP contribution in [0.1, 0.15) is 72.8 Å². The number of fused-ring (bicyclic) bond motifs is 1. The van der Waals surface area contributed by atoms with Crippen LogP contribution in [0.2, 0.25) is 0 Å². The minimum atomic E-state index is -0.768. The van der Waals surface area contributed by atoms with Crippen LogP contribution in [0.25, 0.3) is 0 Å². The average molecular weight is 439 g/mol. The van der Waals surface area contributed by atoms with Gasteiger partial charge < -0.3 is 20.4 Å². The second-order valence-corrected chi connectivity index (χ2v) is 9.45. The van der Waals surface area contributed by atoms with Gasteiger partial charge in [0.1, 0.15) is 28.7 Å². The fraction of sp³-hybridized carbons (Fsp3) is 0.375. The van der Waals surface area contributed by atoms with E-state index in [1.165, 1.54) is 12.1 Å². The van der Waals surface area contributed by atoms with Crippen LogP contribution in [0.4, 0.5) is 21.5 Å². The molecule has 3 aromatic rings. The van der Waals surface area contributed by atoms with Crippen molar-refractivity contribution in [2.24, 2.45) is 5.41 Å². The van der Waals surface area contributed by atoms with Gasteiger partial charge in [-0.15, -0.1) is 0 Å². The van der Waals surface area contributed by atoms with Gasteiger partial charge in [0.25, 0.3) is 16.8 Å². The quantitative estimate of drug-likeness (QED) is 0.510. The molecule has 1 aliphatic heterocycles. The van der Waals surface area contributed by atoms with Crippen molar-refractivity contribution in [3.05, 3.63) is 72.7 Å². The maximum absolute atomic E-state index is 14.7. The summed E-state index contributed by atoms with van der Waals surface area (Å²) >= 11 is 0. The topological polar surface area (TPSA) is 100 Å². The van der Waals surface area contributed by atoms with Gasteiger partial charge in [0.2, 0.25) is 0 Å². The Morgan fingerprint density at radius 3 is 2.31 bits per heavy atom. The zero-order chi connectivity index (χ0) is 23.5. The molecule has 1 amide bonds. The summed E-state index contributed by atoms with van der Waals surface area (Å²) in [5.74, 6) is 0.279. The van der Waals surface area contributed by atoms with Crippen molar-refractivity contribution in [2.75, 3.05) is 10.6 Å². The normalized spacial score (nSPS) is 16.7. The molecule has 0 fully saturated rings. The molecule has 7 nitrogen and oxygen atoms in total. The molecule has 32 heavy (non-hydrogen) atoms. The van der Waals surface area contributed by atoms with Crippen LogP contribution in [0.15, 0.2) is 32.2 Å². The number of benzene rings is 1. The highest BCUT2D eigenvalue weighted by molar-refractivity contribution is 6.05. The molecule has 3 N–H and O–H groups in total. The fourth-order valence-corrected chi connectivity index (χ4v) is 4.04. The first-order chi connectivity index (χ1) is 14.9. The minimum Gasteiger partial charge on any atom is -0.464 e. The van der Waals surface area contributed by atoms with Gasteiger partial charge >= 0.3 is 0 Å². The Morgan fingerprint density at radius 1 is 1.06 bits per heavy atom. The Bertz CT molecular complexity index is 1290. The van der Waals surface area contributed by atoms with Gasteiger partial charge in [0, 0.05) is 0 Å². The average Bonchev–Trinajstić information content (AvgIpc) is 3.18. The van der Waals surface area contributed by atoms with E-state index in [-0.39, 0.29) is 34.1 Å². The van der Waals surface area contributed by atoms with Crippen LogP contribution < -0.4 is 26.8 Å². The van der Waals surface area contributed by atoms with E-state index in [1.807, 2.05) is 40.7 Å². The lowest BCUT2D eigenvalue weighted by atomic mass is 9.84. The molecule has 8 heteroatoms. The van der Waals surface area contributed by atoms with E-state index < -0.39 is 28.6 Å². The highest BCUT2D eigenvalue weighted by Crippen LogP contribution is 2.40. The highest BCUT2D eigenvalue weighted by Gasteiger charge is 2.35. The largest absolute Gasteiger partial charge is 0.464 e. The van der Waals surface area contributed by atoms with Crippen molar-refractivity contribution >= 4 is 23.0 Å². The summed E-state index contributed by atoms with van der Waals surface area (Å²) in [6, 6.07) is 3.97. The Labute approximate surface area is 184 Å². The van der Waals surface area contributed by atoms with Crippen LogP contribution >= 0.6 is 0 Å². The molecule has 168 valence electrons. The van der Waals surface area contributed by atoms with Crippen molar-refractivity contribution in [1.29, 1.82) is 0 Å². The molecule has 2 heterocycles. The van der Waals surface area contributed by atoms with Gasteiger partial charge in [-0.3, -0.25) is 14.4 Å². The number of anilines is 3. The fourth-order valence-electron chi connectivity index (χ4n) is 4.04. The van der Waals surface area contributed by atoms with Gasteiger partial charge in [-0.25, -0.2) is 4.39 Å². The molecule has 1 unspecified atom stereocenters. The van der Waals surface area contributed by atoms with Crippen molar-refractivity contribution in [3.8, 4) is 0 Å². The lowest BCUT2D eigenvalue weighted by molar-refractivity contribution is 0.0959. The third-order valence-electron chi connectivity index (χ3n) is 6.01. The summed E-state index contributed by atoms with van der Waals surface area (Å²) in [5.41, 5.74) is -0.236. The standard InChI is InChI=1S/C24H26FN3O4/c1-10-9-15(32-12(10)3)22(24(4,5)6)28-19-18(20(29)21(19)30)27-17-14(25)8-7-13-11(2)26-23(31)16(13)17/h7-9,11,22,27-28H,1-6H3,(H,26,31)/t11-,22?/m1/s1. The third kappa shape index (κ3) is 3.39. The van der Waals surface area contributed by atoms with Crippen LogP contribution in [-0.2, 0) is 0 Å². The Balaban J connectivity index is 1.74. The van der Waals surface area contributed by atoms with E-state index in [0.29, 0.717) is 11.3 Å². The van der Waals surface area contributed by atoms with E-state index in [1.54, 1.807) is 6.92 Å². The zero-order valence-electron chi connectivity index (χ0n) is 18.9. The number of furan rings is 1. The summed E-state index contributed by atoms with van der Waals surface area (Å²) in [4.78, 5) is 37.2. The number of carbonyl (C=O) groups excluding carboxylic acids is 1. The van der Waals surface area contributed by atoms with Crippen LogP contribution in [-0.4, -0.2) is 5.91 Å². The number of amides is 1. The van der Waals surface area contributed by atoms with Gasteiger partial charge in [0.15, 0.2) is 0 Å². The molecular formula is C24H26FN3O4. The van der Waals surface area contributed by atoms with Gasteiger partial charge in [-0.2, -0.15) is 0 Å². The summed E-state index contributed by atoms with van der Waals surface area (Å²) in [6.45, 7) is 11.5. The molecular weight excluding hydrogens is 413 g/mol. The first kappa shape index (κ1) is 21.8. The number of halogens is 1.